The van der Waals surface area contributed by atoms with Crippen molar-refractivity contribution in [3.05, 3.63) is 21.9 Å². The van der Waals surface area contributed by atoms with Crippen molar-refractivity contribution in [1.29, 1.82) is 0 Å². The smallest absolute Gasteiger partial charge is 0.00509 e. The van der Waals surface area contributed by atoms with E-state index < -0.39 is 0 Å². The lowest BCUT2D eigenvalue weighted by Gasteiger charge is -2.18. The predicted octanol–water partition coefficient (Wildman–Crippen LogP) is 3.34. The first kappa shape index (κ1) is 12.7. The molecule has 0 fully saturated rings. The van der Waals surface area contributed by atoms with E-state index in [9.17, 15) is 0 Å². The van der Waals surface area contributed by atoms with E-state index in [-0.39, 0.29) is 0 Å². The summed E-state index contributed by atoms with van der Waals surface area (Å²) in [5.41, 5.74) is 0. The Hall–Kier alpha value is -0.340. The van der Waals surface area contributed by atoms with Crippen molar-refractivity contribution in [1.82, 2.24) is 5.32 Å². The summed E-state index contributed by atoms with van der Waals surface area (Å²) in [5.74, 6) is 1.52. The fourth-order valence-electron chi connectivity index (χ4n) is 1.76. The van der Waals surface area contributed by atoms with Gasteiger partial charge in [0.2, 0.25) is 0 Å². The molecule has 1 heterocycles. The average molecular weight is 225 g/mol. The first-order valence-electron chi connectivity index (χ1n) is 5.89. The number of nitrogens with one attached hydrogen (secondary N) is 1. The summed E-state index contributed by atoms with van der Waals surface area (Å²) in [6, 6.07) is 4.57. The summed E-state index contributed by atoms with van der Waals surface area (Å²) in [6.45, 7) is 8.03. The molecule has 1 rings (SSSR count). The van der Waals surface area contributed by atoms with Gasteiger partial charge in [-0.1, -0.05) is 20.8 Å². The van der Waals surface area contributed by atoms with Crippen LogP contribution in [0.2, 0.25) is 0 Å². The molecule has 1 aromatic rings. The summed E-state index contributed by atoms with van der Waals surface area (Å²) in [4.78, 5) is 3.06. The SMILES string of the molecule is CCc1ccc(CC(C)C(C)CNC)s1. The van der Waals surface area contributed by atoms with Crippen molar-refractivity contribution in [3.63, 3.8) is 0 Å². The molecule has 0 aliphatic heterocycles. The highest BCUT2D eigenvalue weighted by Crippen LogP contribution is 2.23. The van der Waals surface area contributed by atoms with E-state index in [2.05, 4.69) is 38.2 Å². The van der Waals surface area contributed by atoms with Gasteiger partial charge >= 0.3 is 0 Å². The van der Waals surface area contributed by atoms with Crippen molar-refractivity contribution >= 4 is 11.3 Å². The topological polar surface area (TPSA) is 12.0 Å². The summed E-state index contributed by atoms with van der Waals surface area (Å²) < 4.78 is 0. The Labute approximate surface area is 97.9 Å². The van der Waals surface area contributed by atoms with Gasteiger partial charge in [0.15, 0.2) is 0 Å². The van der Waals surface area contributed by atoms with Crippen LogP contribution >= 0.6 is 11.3 Å². The van der Waals surface area contributed by atoms with E-state index in [0.29, 0.717) is 0 Å². The van der Waals surface area contributed by atoms with E-state index in [1.165, 1.54) is 17.7 Å². The highest BCUT2D eigenvalue weighted by molar-refractivity contribution is 7.11. The van der Waals surface area contributed by atoms with Crippen LogP contribution in [0.4, 0.5) is 0 Å². The zero-order chi connectivity index (χ0) is 11.3. The second-order valence-electron chi connectivity index (χ2n) is 4.44. The van der Waals surface area contributed by atoms with Crippen LogP contribution in [0.25, 0.3) is 0 Å². The third-order valence-electron chi connectivity index (χ3n) is 3.09. The zero-order valence-electron chi connectivity index (χ0n) is 10.3. The molecular weight excluding hydrogens is 202 g/mol. The second kappa shape index (κ2) is 6.29. The molecule has 0 aliphatic rings. The fourth-order valence-corrected chi connectivity index (χ4v) is 2.86. The molecule has 2 atom stereocenters. The van der Waals surface area contributed by atoms with Gasteiger partial charge in [0.05, 0.1) is 0 Å². The second-order valence-corrected chi connectivity index (χ2v) is 5.69. The molecule has 1 aromatic heterocycles. The van der Waals surface area contributed by atoms with Gasteiger partial charge in [0.1, 0.15) is 0 Å². The maximum atomic E-state index is 3.25. The van der Waals surface area contributed by atoms with Crippen molar-refractivity contribution in [2.24, 2.45) is 11.8 Å². The van der Waals surface area contributed by atoms with Gasteiger partial charge in [-0.2, -0.15) is 0 Å². The van der Waals surface area contributed by atoms with Gasteiger partial charge in [-0.15, -0.1) is 11.3 Å². The van der Waals surface area contributed by atoms with Crippen LogP contribution in [-0.2, 0) is 12.8 Å². The number of aryl methyl sites for hydroxylation is 1. The van der Waals surface area contributed by atoms with Crippen LogP contribution in [-0.4, -0.2) is 13.6 Å². The molecule has 0 saturated heterocycles. The number of rotatable bonds is 6. The average Bonchev–Trinajstić information content (AvgIpc) is 2.66. The quantitative estimate of drug-likeness (QED) is 0.783. The molecule has 0 aliphatic carbocycles. The van der Waals surface area contributed by atoms with Gasteiger partial charge in [0.25, 0.3) is 0 Å². The number of thiophene rings is 1. The van der Waals surface area contributed by atoms with E-state index in [4.69, 9.17) is 0 Å². The Morgan fingerprint density at radius 2 is 1.87 bits per heavy atom. The first-order chi connectivity index (χ1) is 7.17. The van der Waals surface area contributed by atoms with Gasteiger partial charge in [-0.05, 0) is 50.4 Å². The van der Waals surface area contributed by atoms with Crippen molar-refractivity contribution < 1.29 is 0 Å². The van der Waals surface area contributed by atoms with Crippen molar-refractivity contribution in [3.8, 4) is 0 Å². The zero-order valence-corrected chi connectivity index (χ0v) is 11.2. The summed E-state index contributed by atoms with van der Waals surface area (Å²) in [5, 5.41) is 3.25. The van der Waals surface area contributed by atoms with Crippen molar-refractivity contribution in [2.75, 3.05) is 13.6 Å². The molecule has 0 spiro atoms. The normalized spacial score (nSPS) is 15.2. The molecule has 15 heavy (non-hydrogen) atoms. The van der Waals surface area contributed by atoms with E-state index in [1.807, 2.05) is 18.4 Å². The summed E-state index contributed by atoms with van der Waals surface area (Å²) in [7, 11) is 2.03. The number of hydrogen-bond donors (Lipinski definition) is 1. The van der Waals surface area contributed by atoms with Crippen LogP contribution in [0.1, 0.15) is 30.5 Å². The molecule has 86 valence electrons. The first-order valence-corrected chi connectivity index (χ1v) is 6.71. The molecule has 2 heteroatoms. The third-order valence-corrected chi connectivity index (χ3v) is 4.34. The Kier molecular flexibility index (Phi) is 5.34. The minimum Gasteiger partial charge on any atom is -0.319 e. The third kappa shape index (κ3) is 3.96. The van der Waals surface area contributed by atoms with Crippen LogP contribution < -0.4 is 5.32 Å². The highest BCUT2D eigenvalue weighted by Gasteiger charge is 2.12. The molecule has 0 radical (unpaired) electrons. The van der Waals surface area contributed by atoms with E-state index in [0.717, 1.165) is 18.4 Å². The molecule has 0 saturated carbocycles. The maximum absolute atomic E-state index is 3.25. The lowest BCUT2D eigenvalue weighted by atomic mass is 9.92. The summed E-state index contributed by atoms with van der Waals surface area (Å²) in [6.07, 6.45) is 2.40. The lowest BCUT2D eigenvalue weighted by Crippen LogP contribution is -2.22. The van der Waals surface area contributed by atoms with Gasteiger partial charge < -0.3 is 5.32 Å². The Balaban J connectivity index is 2.46. The Bertz CT molecular complexity index is 280. The molecule has 0 bridgehead atoms. The predicted molar refractivity (Wildman–Crippen MR) is 69.7 cm³/mol. The van der Waals surface area contributed by atoms with Crippen LogP contribution in [0, 0.1) is 11.8 Å². The van der Waals surface area contributed by atoms with Gasteiger partial charge in [0, 0.05) is 9.75 Å². The highest BCUT2D eigenvalue weighted by atomic mass is 32.1. The van der Waals surface area contributed by atoms with E-state index in [1.54, 1.807) is 4.88 Å². The monoisotopic (exact) mass is 225 g/mol. The molecule has 1 nitrogen and oxygen atoms in total. The minimum absolute atomic E-state index is 0.752. The van der Waals surface area contributed by atoms with Gasteiger partial charge in [-0.25, -0.2) is 0 Å². The fraction of sp³-hybridized carbons (Fsp3) is 0.692. The van der Waals surface area contributed by atoms with E-state index >= 15 is 0 Å². The minimum atomic E-state index is 0.752. The van der Waals surface area contributed by atoms with Crippen molar-refractivity contribution in [2.45, 2.75) is 33.6 Å². The molecule has 0 amide bonds. The van der Waals surface area contributed by atoms with Crippen LogP contribution in [0.15, 0.2) is 12.1 Å². The lowest BCUT2D eigenvalue weighted by molar-refractivity contribution is 0.376. The van der Waals surface area contributed by atoms with Crippen LogP contribution in [0.3, 0.4) is 0 Å². The Morgan fingerprint density at radius 3 is 2.40 bits per heavy atom. The largest absolute Gasteiger partial charge is 0.319 e. The molecule has 1 N–H and O–H groups in total. The number of hydrogen-bond acceptors (Lipinski definition) is 2. The van der Waals surface area contributed by atoms with Crippen LogP contribution in [0.5, 0.6) is 0 Å². The maximum Gasteiger partial charge on any atom is 0.00509 e. The Morgan fingerprint density at radius 1 is 1.20 bits per heavy atom. The molecule has 0 aromatic carbocycles. The molecule has 2 unspecified atom stereocenters. The standard InChI is InChI=1S/C13H23NS/c1-5-12-6-7-13(15-12)8-10(2)11(3)9-14-4/h6-7,10-11,14H,5,8-9H2,1-4H3. The molecular formula is C13H23NS. The van der Waals surface area contributed by atoms with Gasteiger partial charge in [-0.3, -0.25) is 0 Å². The summed E-state index contributed by atoms with van der Waals surface area (Å²) >= 11 is 1.98.